The standard InChI is InChI=1S/C21H21Cl2N3O/c1-3-25(15(2)26(23)18-9-6-7-16(11-18)12-22)21(27)20-14-24-13-17-8-4-5-10-19(17)20/h4-11,13-15H,3,12H2,1-2H3. The molecule has 1 amide bonds. The average Bonchev–Trinajstić information content (AvgIpc) is 2.73. The second-order valence-electron chi connectivity index (χ2n) is 6.25. The Morgan fingerprint density at radius 2 is 1.93 bits per heavy atom. The van der Waals surface area contributed by atoms with Gasteiger partial charge in [0.05, 0.1) is 11.3 Å². The summed E-state index contributed by atoms with van der Waals surface area (Å²) >= 11 is 12.5. The number of rotatable bonds is 6. The highest BCUT2D eigenvalue weighted by molar-refractivity contribution is 6.26. The van der Waals surface area contributed by atoms with Crippen LogP contribution in [0.5, 0.6) is 0 Å². The molecular weight excluding hydrogens is 381 g/mol. The van der Waals surface area contributed by atoms with Gasteiger partial charge in [0.25, 0.3) is 5.91 Å². The van der Waals surface area contributed by atoms with Gasteiger partial charge in [0, 0.05) is 42.0 Å². The van der Waals surface area contributed by atoms with Crippen molar-refractivity contribution in [1.29, 1.82) is 0 Å². The van der Waals surface area contributed by atoms with E-state index in [0.29, 0.717) is 18.0 Å². The molecule has 0 aliphatic heterocycles. The van der Waals surface area contributed by atoms with Gasteiger partial charge in [-0.15, -0.1) is 11.6 Å². The van der Waals surface area contributed by atoms with Gasteiger partial charge in [-0.2, -0.15) is 0 Å². The summed E-state index contributed by atoms with van der Waals surface area (Å²) in [5, 5.41) is 1.82. The van der Waals surface area contributed by atoms with Crippen LogP contribution in [0.15, 0.2) is 60.9 Å². The van der Waals surface area contributed by atoms with Crippen molar-refractivity contribution in [2.24, 2.45) is 0 Å². The molecule has 0 saturated heterocycles. The predicted octanol–water partition coefficient (Wildman–Crippen LogP) is 5.44. The Kier molecular flexibility index (Phi) is 6.19. The molecule has 6 heteroatoms. The molecule has 0 bridgehead atoms. The molecule has 1 aromatic heterocycles. The molecule has 140 valence electrons. The molecule has 1 unspecified atom stereocenters. The van der Waals surface area contributed by atoms with E-state index in [0.717, 1.165) is 22.0 Å². The van der Waals surface area contributed by atoms with Crippen molar-refractivity contribution in [3.63, 3.8) is 0 Å². The van der Waals surface area contributed by atoms with E-state index in [1.165, 1.54) is 0 Å². The van der Waals surface area contributed by atoms with Crippen molar-refractivity contribution >= 4 is 45.7 Å². The molecule has 3 aromatic rings. The maximum atomic E-state index is 13.3. The molecule has 2 aromatic carbocycles. The number of carbonyl (C=O) groups is 1. The summed E-state index contributed by atoms with van der Waals surface area (Å²) in [5.41, 5.74) is 2.34. The lowest BCUT2D eigenvalue weighted by molar-refractivity contribution is 0.0713. The van der Waals surface area contributed by atoms with Crippen LogP contribution in [0.1, 0.15) is 29.8 Å². The zero-order valence-corrected chi connectivity index (χ0v) is 16.8. The second kappa shape index (κ2) is 8.59. The highest BCUT2D eigenvalue weighted by Gasteiger charge is 2.26. The van der Waals surface area contributed by atoms with Crippen LogP contribution in [0.4, 0.5) is 5.69 Å². The van der Waals surface area contributed by atoms with Gasteiger partial charge < -0.3 is 4.90 Å². The van der Waals surface area contributed by atoms with Crippen molar-refractivity contribution in [3.8, 4) is 0 Å². The summed E-state index contributed by atoms with van der Waals surface area (Å²) in [7, 11) is 0. The highest BCUT2D eigenvalue weighted by atomic mass is 35.5. The summed E-state index contributed by atoms with van der Waals surface area (Å²) in [4.78, 5) is 19.2. The first kappa shape index (κ1) is 19.5. The molecule has 0 N–H and O–H groups in total. The van der Waals surface area contributed by atoms with Crippen LogP contribution in [0.25, 0.3) is 10.8 Å². The van der Waals surface area contributed by atoms with Crippen molar-refractivity contribution in [2.75, 3.05) is 11.0 Å². The zero-order valence-electron chi connectivity index (χ0n) is 15.3. The van der Waals surface area contributed by atoms with Gasteiger partial charge in [-0.05, 0) is 36.9 Å². The van der Waals surface area contributed by atoms with Crippen LogP contribution in [0, 0.1) is 0 Å². The third-order valence-electron chi connectivity index (χ3n) is 4.59. The van der Waals surface area contributed by atoms with Gasteiger partial charge in [0.1, 0.15) is 6.17 Å². The van der Waals surface area contributed by atoms with Gasteiger partial charge in [0.15, 0.2) is 0 Å². The summed E-state index contributed by atoms with van der Waals surface area (Å²) in [5.74, 6) is 0.304. The van der Waals surface area contributed by atoms with E-state index in [1.807, 2.05) is 62.4 Å². The molecule has 0 aliphatic carbocycles. The van der Waals surface area contributed by atoms with Gasteiger partial charge in [0.2, 0.25) is 0 Å². The molecule has 1 atom stereocenters. The second-order valence-corrected chi connectivity index (χ2v) is 6.88. The van der Waals surface area contributed by atoms with E-state index >= 15 is 0 Å². The van der Waals surface area contributed by atoms with E-state index in [2.05, 4.69) is 4.98 Å². The Morgan fingerprint density at radius 1 is 1.15 bits per heavy atom. The Balaban J connectivity index is 1.91. The van der Waals surface area contributed by atoms with Gasteiger partial charge >= 0.3 is 0 Å². The van der Waals surface area contributed by atoms with Gasteiger partial charge in [-0.1, -0.05) is 36.4 Å². The van der Waals surface area contributed by atoms with Crippen LogP contribution in [-0.2, 0) is 5.88 Å². The fourth-order valence-electron chi connectivity index (χ4n) is 3.13. The number of aromatic nitrogens is 1. The number of alkyl halides is 1. The number of anilines is 1. The van der Waals surface area contributed by atoms with Crippen molar-refractivity contribution in [2.45, 2.75) is 25.9 Å². The molecule has 4 nitrogen and oxygen atoms in total. The van der Waals surface area contributed by atoms with E-state index in [1.54, 1.807) is 21.7 Å². The molecule has 1 heterocycles. The smallest absolute Gasteiger partial charge is 0.257 e. The number of carbonyl (C=O) groups excluding carboxylic acids is 1. The Labute approximate surface area is 169 Å². The van der Waals surface area contributed by atoms with E-state index in [-0.39, 0.29) is 12.1 Å². The maximum Gasteiger partial charge on any atom is 0.257 e. The number of fused-ring (bicyclic) bond motifs is 1. The number of pyridine rings is 1. The van der Waals surface area contributed by atoms with Gasteiger partial charge in [-0.3, -0.25) is 14.2 Å². The molecule has 27 heavy (non-hydrogen) atoms. The predicted molar refractivity (Wildman–Crippen MR) is 112 cm³/mol. The maximum absolute atomic E-state index is 13.3. The van der Waals surface area contributed by atoms with Crippen molar-refractivity contribution in [3.05, 3.63) is 72.1 Å². The lowest BCUT2D eigenvalue weighted by Gasteiger charge is -2.34. The molecule has 3 rings (SSSR count). The first-order valence-electron chi connectivity index (χ1n) is 8.80. The van der Waals surface area contributed by atoms with E-state index < -0.39 is 0 Å². The van der Waals surface area contributed by atoms with Crippen molar-refractivity contribution in [1.82, 2.24) is 9.88 Å². The monoisotopic (exact) mass is 401 g/mol. The minimum Gasteiger partial charge on any atom is -0.317 e. The fraction of sp³-hybridized carbons (Fsp3) is 0.238. The number of nitrogens with zero attached hydrogens (tertiary/aromatic N) is 3. The molecule has 0 spiro atoms. The lowest BCUT2D eigenvalue weighted by atomic mass is 10.1. The molecule has 0 radical (unpaired) electrons. The molecule has 0 saturated carbocycles. The summed E-state index contributed by atoms with van der Waals surface area (Å²) < 4.78 is 1.57. The SMILES string of the molecule is CCN(C(=O)c1cncc2ccccc12)C(C)N(Cl)c1cccc(CCl)c1. The Morgan fingerprint density at radius 3 is 2.67 bits per heavy atom. The summed E-state index contributed by atoms with van der Waals surface area (Å²) in [6.07, 6.45) is 3.03. The first-order valence-corrected chi connectivity index (χ1v) is 9.67. The zero-order chi connectivity index (χ0) is 19.4. The number of amides is 1. The van der Waals surface area contributed by atoms with Crippen molar-refractivity contribution < 1.29 is 4.79 Å². The van der Waals surface area contributed by atoms with E-state index in [4.69, 9.17) is 23.4 Å². The number of benzene rings is 2. The lowest BCUT2D eigenvalue weighted by Crippen LogP contribution is -2.46. The third-order valence-corrected chi connectivity index (χ3v) is 5.38. The van der Waals surface area contributed by atoms with E-state index in [9.17, 15) is 4.79 Å². The Hall–Kier alpha value is -2.30. The molecule has 0 fully saturated rings. The highest BCUT2D eigenvalue weighted by Crippen LogP contribution is 2.25. The minimum absolute atomic E-state index is 0.103. The van der Waals surface area contributed by atoms with Crippen LogP contribution >= 0.6 is 23.4 Å². The largest absolute Gasteiger partial charge is 0.317 e. The normalized spacial score (nSPS) is 12.0. The summed E-state index contributed by atoms with van der Waals surface area (Å²) in [6.45, 7) is 4.36. The topological polar surface area (TPSA) is 36.4 Å². The molecular formula is C21H21Cl2N3O. The number of halogens is 2. The number of hydrogen-bond acceptors (Lipinski definition) is 3. The van der Waals surface area contributed by atoms with Crippen LogP contribution in [0.3, 0.4) is 0 Å². The molecule has 0 aliphatic rings. The average molecular weight is 402 g/mol. The quantitative estimate of drug-likeness (QED) is 0.313. The first-order chi connectivity index (χ1) is 13.1. The number of hydrogen-bond donors (Lipinski definition) is 0. The van der Waals surface area contributed by atoms with Gasteiger partial charge in [-0.25, -0.2) is 0 Å². The van der Waals surface area contributed by atoms with Crippen LogP contribution in [0.2, 0.25) is 0 Å². The van der Waals surface area contributed by atoms with Crippen LogP contribution in [-0.4, -0.2) is 28.5 Å². The summed E-state index contributed by atoms with van der Waals surface area (Å²) in [6, 6.07) is 15.4. The third kappa shape index (κ3) is 4.02. The fourth-order valence-corrected chi connectivity index (χ4v) is 3.51. The van der Waals surface area contributed by atoms with Crippen LogP contribution < -0.4 is 4.42 Å². The minimum atomic E-state index is -0.353. The Bertz CT molecular complexity index is 942.